The van der Waals surface area contributed by atoms with Crippen LogP contribution < -0.4 is 5.73 Å². The summed E-state index contributed by atoms with van der Waals surface area (Å²) >= 11 is 10.1. The molecular formula is C14H18ClN3OS2. The Morgan fingerprint density at radius 1 is 1.57 bits per heavy atom. The highest BCUT2D eigenvalue weighted by atomic mass is 35.5. The molecule has 3 rings (SSSR count). The number of hydrogen-bond acceptors (Lipinski definition) is 5. The first-order valence-corrected chi connectivity index (χ1v) is 9.20. The molecule has 21 heavy (non-hydrogen) atoms. The molecule has 7 heteroatoms. The number of halogens is 1. The number of aryl methyl sites for hydroxylation is 1. The molecule has 0 spiro atoms. The Hall–Kier alpha value is -0.530. The van der Waals surface area contributed by atoms with E-state index in [0.717, 1.165) is 17.9 Å². The molecule has 0 amide bonds. The lowest BCUT2D eigenvalue weighted by Crippen LogP contribution is -2.18. The first-order chi connectivity index (χ1) is 10.2. The van der Waals surface area contributed by atoms with Gasteiger partial charge in [-0.1, -0.05) is 11.6 Å². The zero-order valence-electron chi connectivity index (χ0n) is 11.8. The van der Waals surface area contributed by atoms with E-state index in [2.05, 4.69) is 11.2 Å². The number of ether oxygens (including phenoxy) is 1. The van der Waals surface area contributed by atoms with E-state index >= 15 is 0 Å². The quantitative estimate of drug-likeness (QED) is 0.906. The summed E-state index contributed by atoms with van der Waals surface area (Å²) in [6.07, 6.45) is 2.81. The highest BCUT2D eigenvalue weighted by Crippen LogP contribution is 2.37. The summed E-state index contributed by atoms with van der Waals surface area (Å²) in [4.78, 5) is 2.64. The molecule has 1 unspecified atom stereocenters. The number of nitrogens with two attached hydrogens (primary N) is 1. The number of rotatable bonds is 5. The number of thiophene rings is 1. The van der Waals surface area contributed by atoms with Gasteiger partial charge in [-0.2, -0.15) is 16.9 Å². The van der Waals surface area contributed by atoms with Crippen molar-refractivity contribution in [1.82, 2.24) is 9.78 Å². The molecule has 2 aromatic heterocycles. The van der Waals surface area contributed by atoms with Crippen molar-refractivity contribution in [3.63, 3.8) is 0 Å². The fourth-order valence-corrected chi connectivity index (χ4v) is 5.14. The average Bonchev–Trinajstić information content (AvgIpc) is 3.08. The van der Waals surface area contributed by atoms with E-state index in [1.54, 1.807) is 13.3 Å². The van der Waals surface area contributed by atoms with Crippen LogP contribution in [-0.2, 0) is 23.5 Å². The van der Waals surface area contributed by atoms with E-state index in [0.29, 0.717) is 18.2 Å². The minimum atomic E-state index is -0.225. The number of thioether (sulfide) groups is 1. The van der Waals surface area contributed by atoms with Crippen LogP contribution in [0.4, 0.5) is 0 Å². The third kappa shape index (κ3) is 3.14. The van der Waals surface area contributed by atoms with Gasteiger partial charge in [-0.3, -0.25) is 4.68 Å². The second-order valence-corrected chi connectivity index (χ2v) is 7.65. The number of methoxy groups -OCH3 is 1. The molecule has 3 heterocycles. The van der Waals surface area contributed by atoms with E-state index in [-0.39, 0.29) is 6.04 Å². The second kappa shape index (κ2) is 6.71. The molecule has 4 nitrogen and oxygen atoms in total. The van der Waals surface area contributed by atoms with Crippen molar-refractivity contribution in [2.45, 2.75) is 24.8 Å². The van der Waals surface area contributed by atoms with Gasteiger partial charge in [0.2, 0.25) is 0 Å². The third-order valence-corrected chi connectivity index (χ3v) is 6.21. The maximum Gasteiger partial charge on any atom is 0.0838 e. The van der Waals surface area contributed by atoms with Crippen LogP contribution in [0.1, 0.15) is 27.1 Å². The van der Waals surface area contributed by atoms with E-state index in [1.165, 1.54) is 21.1 Å². The zero-order valence-corrected chi connectivity index (χ0v) is 14.2. The summed E-state index contributed by atoms with van der Waals surface area (Å²) in [6, 6.07) is 2.01. The van der Waals surface area contributed by atoms with Crippen LogP contribution in [-0.4, -0.2) is 29.3 Å². The summed E-state index contributed by atoms with van der Waals surface area (Å²) in [6.45, 7) is 1.25. The molecule has 1 aliphatic heterocycles. The summed E-state index contributed by atoms with van der Waals surface area (Å²) < 4.78 is 6.97. The summed E-state index contributed by atoms with van der Waals surface area (Å²) in [7, 11) is 1.68. The van der Waals surface area contributed by atoms with E-state index in [4.69, 9.17) is 22.1 Å². The standard InChI is InChI=1S/C14H18ClN3OS2/c1-19-4-3-18-14(10(15)7-17-18)13(16)12-6-9-8-20-5-2-11(9)21-12/h6-7,13H,2-5,8,16H2,1H3. The predicted molar refractivity (Wildman–Crippen MR) is 89.3 cm³/mol. The minimum Gasteiger partial charge on any atom is -0.383 e. The Labute approximate surface area is 137 Å². The van der Waals surface area contributed by atoms with Crippen LogP contribution >= 0.6 is 34.7 Å². The van der Waals surface area contributed by atoms with Gasteiger partial charge in [-0.05, 0) is 23.8 Å². The lowest BCUT2D eigenvalue weighted by Gasteiger charge is -2.13. The molecule has 2 N–H and O–H groups in total. The van der Waals surface area contributed by atoms with Crippen molar-refractivity contribution in [2.24, 2.45) is 5.73 Å². The Morgan fingerprint density at radius 3 is 3.19 bits per heavy atom. The Bertz CT molecular complexity index is 602. The van der Waals surface area contributed by atoms with E-state index in [1.807, 2.05) is 27.8 Å². The highest BCUT2D eigenvalue weighted by Gasteiger charge is 2.23. The van der Waals surface area contributed by atoms with Crippen molar-refractivity contribution in [3.05, 3.63) is 38.3 Å². The van der Waals surface area contributed by atoms with Crippen LogP contribution in [0.5, 0.6) is 0 Å². The van der Waals surface area contributed by atoms with Crippen LogP contribution in [0.3, 0.4) is 0 Å². The smallest absolute Gasteiger partial charge is 0.0838 e. The number of hydrogen-bond donors (Lipinski definition) is 1. The molecule has 0 aliphatic carbocycles. The maximum absolute atomic E-state index is 6.46. The second-order valence-electron chi connectivity index (χ2n) is 4.97. The summed E-state index contributed by atoms with van der Waals surface area (Å²) in [5, 5.41) is 4.93. The highest BCUT2D eigenvalue weighted by molar-refractivity contribution is 7.98. The first-order valence-electron chi connectivity index (χ1n) is 6.85. The van der Waals surface area contributed by atoms with Crippen molar-refractivity contribution in [1.29, 1.82) is 0 Å². The van der Waals surface area contributed by atoms with Crippen molar-refractivity contribution >= 4 is 34.7 Å². The van der Waals surface area contributed by atoms with Gasteiger partial charge in [-0.15, -0.1) is 11.3 Å². The van der Waals surface area contributed by atoms with Gasteiger partial charge in [0.1, 0.15) is 0 Å². The van der Waals surface area contributed by atoms with Crippen molar-refractivity contribution < 1.29 is 4.74 Å². The number of nitrogens with zero attached hydrogens (tertiary/aromatic N) is 2. The molecule has 0 saturated heterocycles. The molecule has 0 fully saturated rings. The fourth-order valence-electron chi connectivity index (χ4n) is 2.50. The van der Waals surface area contributed by atoms with Crippen LogP contribution in [0.2, 0.25) is 5.02 Å². The Kier molecular flexibility index (Phi) is 4.91. The molecule has 0 bridgehead atoms. The lowest BCUT2D eigenvalue weighted by molar-refractivity contribution is 0.182. The molecular weight excluding hydrogens is 326 g/mol. The molecule has 114 valence electrons. The Morgan fingerprint density at radius 2 is 2.43 bits per heavy atom. The largest absolute Gasteiger partial charge is 0.383 e. The van der Waals surface area contributed by atoms with Gasteiger partial charge < -0.3 is 10.5 Å². The van der Waals surface area contributed by atoms with Crippen LogP contribution in [0, 0.1) is 0 Å². The predicted octanol–water partition coefficient (Wildman–Crippen LogP) is 3.08. The van der Waals surface area contributed by atoms with Gasteiger partial charge in [-0.25, -0.2) is 0 Å². The van der Waals surface area contributed by atoms with Gasteiger partial charge in [0.05, 0.1) is 36.1 Å². The van der Waals surface area contributed by atoms with E-state index in [9.17, 15) is 0 Å². The fraction of sp³-hybridized carbons (Fsp3) is 0.500. The normalized spacial score (nSPS) is 16.0. The SMILES string of the molecule is COCCn1ncc(Cl)c1C(N)c1cc2c(s1)CCSC2. The molecule has 0 aromatic carbocycles. The Balaban J connectivity index is 1.89. The number of fused-ring (bicyclic) bond motifs is 1. The summed E-state index contributed by atoms with van der Waals surface area (Å²) in [5.74, 6) is 2.30. The maximum atomic E-state index is 6.46. The molecule has 0 saturated carbocycles. The van der Waals surface area contributed by atoms with Gasteiger partial charge >= 0.3 is 0 Å². The van der Waals surface area contributed by atoms with Crippen molar-refractivity contribution in [3.8, 4) is 0 Å². The van der Waals surface area contributed by atoms with Gasteiger partial charge in [0.15, 0.2) is 0 Å². The molecule has 2 aromatic rings. The van der Waals surface area contributed by atoms with Crippen LogP contribution in [0.25, 0.3) is 0 Å². The first kappa shape index (κ1) is 15.4. The molecule has 1 aliphatic rings. The lowest BCUT2D eigenvalue weighted by atomic mass is 10.1. The monoisotopic (exact) mass is 343 g/mol. The molecule has 0 radical (unpaired) electrons. The van der Waals surface area contributed by atoms with E-state index < -0.39 is 0 Å². The average molecular weight is 344 g/mol. The van der Waals surface area contributed by atoms with Crippen molar-refractivity contribution in [2.75, 3.05) is 19.5 Å². The van der Waals surface area contributed by atoms with Gasteiger partial charge in [0.25, 0.3) is 0 Å². The zero-order chi connectivity index (χ0) is 14.8. The third-order valence-electron chi connectivity index (χ3n) is 3.59. The summed E-state index contributed by atoms with van der Waals surface area (Å²) in [5.41, 5.74) is 8.77. The van der Waals surface area contributed by atoms with Gasteiger partial charge in [0, 0.05) is 22.6 Å². The minimum absolute atomic E-state index is 0.225. The number of aromatic nitrogens is 2. The van der Waals surface area contributed by atoms with Crippen LogP contribution in [0.15, 0.2) is 12.3 Å². The topological polar surface area (TPSA) is 53.1 Å². The molecule has 1 atom stereocenters.